The number of aromatic nitrogens is 4. The van der Waals surface area contributed by atoms with Crippen LogP contribution in [0.3, 0.4) is 0 Å². The lowest BCUT2D eigenvalue weighted by molar-refractivity contribution is 0.661. The molecular formula is C54H34N4O2. The van der Waals surface area contributed by atoms with Gasteiger partial charge in [0.25, 0.3) is 0 Å². The van der Waals surface area contributed by atoms with Crippen molar-refractivity contribution in [2.24, 2.45) is 0 Å². The van der Waals surface area contributed by atoms with Crippen molar-refractivity contribution in [3.05, 3.63) is 181 Å². The Bertz CT molecular complexity index is 3760. The Balaban J connectivity index is 1.06. The number of fused-ring (bicyclic) bond motifs is 12. The van der Waals surface area contributed by atoms with Crippen LogP contribution in [0.15, 0.2) is 179 Å². The Morgan fingerprint density at radius 2 is 1.03 bits per heavy atom. The van der Waals surface area contributed by atoms with Crippen LogP contribution in [0.1, 0.15) is 25.0 Å². The summed E-state index contributed by atoms with van der Waals surface area (Å²) in [7, 11) is 0. The summed E-state index contributed by atoms with van der Waals surface area (Å²) in [5.74, 6) is 1.63. The van der Waals surface area contributed by atoms with Gasteiger partial charge in [-0.3, -0.25) is 4.57 Å². The van der Waals surface area contributed by atoms with Crippen molar-refractivity contribution in [1.29, 1.82) is 0 Å². The summed E-state index contributed by atoms with van der Waals surface area (Å²) < 4.78 is 15.2. The molecule has 0 saturated carbocycles. The van der Waals surface area contributed by atoms with E-state index in [2.05, 4.69) is 152 Å². The molecule has 1 aliphatic rings. The predicted molar refractivity (Wildman–Crippen MR) is 243 cm³/mol. The summed E-state index contributed by atoms with van der Waals surface area (Å²) in [5, 5.41) is 6.55. The van der Waals surface area contributed by atoms with Crippen LogP contribution in [0.5, 0.6) is 0 Å². The molecule has 0 bridgehead atoms. The fourth-order valence-electron chi connectivity index (χ4n) is 9.79. The van der Waals surface area contributed by atoms with E-state index in [4.69, 9.17) is 23.8 Å². The molecular weight excluding hydrogens is 737 g/mol. The fraction of sp³-hybridized carbons (Fsp3) is 0.0556. The molecule has 0 N–H and O–H groups in total. The third-order valence-corrected chi connectivity index (χ3v) is 12.7. The van der Waals surface area contributed by atoms with Gasteiger partial charge in [0, 0.05) is 48.9 Å². The van der Waals surface area contributed by atoms with Gasteiger partial charge >= 0.3 is 0 Å². The number of nitrogens with zero attached hydrogens (tertiary/aromatic N) is 4. The normalized spacial score (nSPS) is 13.3. The lowest BCUT2D eigenvalue weighted by Gasteiger charge is -2.21. The highest BCUT2D eigenvalue weighted by Crippen LogP contribution is 2.51. The predicted octanol–water partition coefficient (Wildman–Crippen LogP) is 14.1. The molecule has 12 aromatic rings. The SMILES string of the molecule is CC1(C)c2ccccc2-c2cc3c4ccccc4n(-c4nc(-c5ccc6c(c5)oc5ccccc56)nc(-c5ccc6c(c5)oc5cccc(-c7ccccc7)c56)n4)c3cc21. The summed E-state index contributed by atoms with van der Waals surface area (Å²) in [4.78, 5) is 15.9. The van der Waals surface area contributed by atoms with Crippen molar-refractivity contribution in [1.82, 2.24) is 19.5 Å². The van der Waals surface area contributed by atoms with E-state index in [0.717, 1.165) is 87.9 Å². The van der Waals surface area contributed by atoms with Gasteiger partial charge in [-0.1, -0.05) is 129 Å². The molecule has 1 aliphatic carbocycles. The maximum Gasteiger partial charge on any atom is 0.238 e. The van der Waals surface area contributed by atoms with Gasteiger partial charge in [-0.2, -0.15) is 9.97 Å². The highest BCUT2D eigenvalue weighted by Gasteiger charge is 2.36. The van der Waals surface area contributed by atoms with Gasteiger partial charge in [0.15, 0.2) is 11.6 Å². The topological polar surface area (TPSA) is 69.9 Å². The van der Waals surface area contributed by atoms with E-state index in [1.165, 1.54) is 22.3 Å². The molecule has 4 aromatic heterocycles. The first-order valence-electron chi connectivity index (χ1n) is 20.3. The van der Waals surface area contributed by atoms with Crippen molar-refractivity contribution < 1.29 is 8.83 Å². The lowest BCUT2D eigenvalue weighted by Crippen LogP contribution is -2.15. The molecule has 0 aliphatic heterocycles. The van der Waals surface area contributed by atoms with Crippen molar-refractivity contribution >= 4 is 65.7 Å². The van der Waals surface area contributed by atoms with Gasteiger partial charge < -0.3 is 8.83 Å². The molecule has 8 aromatic carbocycles. The molecule has 0 saturated heterocycles. The molecule has 0 unspecified atom stereocenters. The Morgan fingerprint density at radius 3 is 1.87 bits per heavy atom. The van der Waals surface area contributed by atoms with Gasteiger partial charge in [-0.05, 0) is 88.0 Å². The van der Waals surface area contributed by atoms with Crippen molar-refractivity contribution in [2.75, 3.05) is 0 Å². The average Bonchev–Trinajstić information content (AvgIpc) is 4.02. The van der Waals surface area contributed by atoms with E-state index in [9.17, 15) is 0 Å². The Labute approximate surface area is 344 Å². The van der Waals surface area contributed by atoms with Gasteiger partial charge in [0.1, 0.15) is 22.3 Å². The summed E-state index contributed by atoms with van der Waals surface area (Å²) in [6, 6.07) is 59.4. The molecule has 6 nitrogen and oxygen atoms in total. The Kier molecular flexibility index (Phi) is 6.69. The second kappa shape index (κ2) is 12.1. The van der Waals surface area contributed by atoms with Crippen LogP contribution in [0.2, 0.25) is 0 Å². The molecule has 0 spiro atoms. The standard InChI is InChI=1S/C54H34N4O2/c1-54(2)42-19-9-6-15-35(42)40-29-41-36-16-7-10-20-44(36)58(45(41)30-43(40)54)53-56-51(32-23-25-38-37-17-8-11-21-46(37)59-48(38)27-32)55-52(57-53)33-24-26-39-49(28-33)60-47-22-12-18-34(50(39)47)31-13-4-3-5-14-31/h3-30H,1-2H3. The minimum atomic E-state index is -0.179. The van der Waals surface area contributed by atoms with Crippen LogP contribution >= 0.6 is 0 Å². The number of para-hydroxylation sites is 2. The summed E-state index contributed by atoms with van der Waals surface area (Å²) in [6.07, 6.45) is 0. The third-order valence-electron chi connectivity index (χ3n) is 12.7. The number of furan rings is 2. The molecule has 60 heavy (non-hydrogen) atoms. The van der Waals surface area contributed by atoms with Crippen molar-refractivity contribution in [3.8, 4) is 51.0 Å². The van der Waals surface area contributed by atoms with E-state index in [1.54, 1.807) is 0 Å². The Morgan fingerprint density at radius 1 is 0.400 bits per heavy atom. The van der Waals surface area contributed by atoms with Crippen LogP contribution in [-0.4, -0.2) is 19.5 Å². The maximum atomic E-state index is 6.59. The fourth-order valence-corrected chi connectivity index (χ4v) is 9.79. The highest BCUT2D eigenvalue weighted by atomic mass is 16.3. The van der Waals surface area contributed by atoms with Gasteiger partial charge in [0.05, 0.1) is 11.0 Å². The van der Waals surface area contributed by atoms with Crippen LogP contribution in [0, 0.1) is 0 Å². The zero-order valence-corrected chi connectivity index (χ0v) is 32.8. The van der Waals surface area contributed by atoms with Crippen molar-refractivity contribution in [2.45, 2.75) is 19.3 Å². The van der Waals surface area contributed by atoms with Gasteiger partial charge in [-0.15, -0.1) is 0 Å². The highest BCUT2D eigenvalue weighted by molar-refractivity contribution is 6.14. The number of hydrogen-bond donors (Lipinski definition) is 0. The van der Waals surface area contributed by atoms with Gasteiger partial charge in [0.2, 0.25) is 5.95 Å². The minimum Gasteiger partial charge on any atom is -0.456 e. The van der Waals surface area contributed by atoms with E-state index >= 15 is 0 Å². The molecule has 0 amide bonds. The zero-order valence-electron chi connectivity index (χ0n) is 32.8. The maximum absolute atomic E-state index is 6.59. The molecule has 13 rings (SSSR count). The number of hydrogen-bond acceptors (Lipinski definition) is 5. The quantitative estimate of drug-likeness (QED) is 0.178. The first-order chi connectivity index (χ1) is 29.5. The molecule has 4 heterocycles. The smallest absolute Gasteiger partial charge is 0.238 e. The first-order valence-corrected chi connectivity index (χ1v) is 20.3. The largest absolute Gasteiger partial charge is 0.456 e. The van der Waals surface area contributed by atoms with E-state index in [-0.39, 0.29) is 5.41 Å². The van der Waals surface area contributed by atoms with Crippen LogP contribution < -0.4 is 0 Å². The summed E-state index contributed by atoms with van der Waals surface area (Å²) in [6.45, 7) is 4.64. The van der Waals surface area contributed by atoms with Crippen LogP contribution in [-0.2, 0) is 5.41 Å². The minimum absolute atomic E-state index is 0.179. The molecule has 282 valence electrons. The zero-order chi connectivity index (χ0) is 39.7. The Hall–Kier alpha value is -7.83. The second-order valence-corrected chi connectivity index (χ2v) is 16.4. The molecule has 6 heteroatoms. The van der Waals surface area contributed by atoms with Crippen LogP contribution in [0.25, 0.3) is 117 Å². The second-order valence-electron chi connectivity index (χ2n) is 16.4. The van der Waals surface area contributed by atoms with E-state index in [0.29, 0.717) is 17.6 Å². The summed E-state index contributed by atoms with van der Waals surface area (Å²) >= 11 is 0. The molecule has 0 atom stereocenters. The third kappa shape index (κ3) is 4.67. The first kappa shape index (κ1) is 33.2. The summed E-state index contributed by atoms with van der Waals surface area (Å²) in [5.41, 5.74) is 14.3. The average molecular weight is 771 g/mol. The molecule has 0 radical (unpaired) electrons. The van der Waals surface area contributed by atoms with Gasteiger partial charge in [-0.25, -0.2) is 4.98 Å². The van der Waals surface area contributed by atoms with Crippen molar-refractivity contribution in [3.63, 3.8) is 0 Å². The number of benzene rings is 8. The van der Waals surface area contributed by atoms with E-state index < -0.39 is 0 Å². The molecule has 0 fully saturated rings. The number of rotatable bonds is 4. The van der Waals surface area contributed by atoms with Crippen LogP contribution in [0.4, 0.5) is 0 Å². The lowest BCUT2D eigenvalue weighted by atomic mass is 9.82. The monoisotopic (exact) mass is 770 g/mol. The van der Waals surface area contributed by atoms with E-state index in [1.807, 2.05) is 36.4 Å².